The van der Waals surface area contributed by atoms with Crippen molar-refractivity contribution in [1.29, 1.82) is 0 Å². The van der Waals surface area contributed by atoms with Gasteiger partial charge in [0, 0.05) is 25.8 Å². The van der Waals surface area contributed by atoms with Crippen LogP contribution >= 0.6 is 0 Å². The quantitative estimate of drug-likeness (QED) is 0.0701. The summed E-state index contributed by atoms with van der Waals surface area (Å²) in [5.41, 5.74) is 0. The third kappa shape index (κ3) is 26.5. The molecule has 8 nitrogen and oxygen atoms in total. The molecule has 1 amide bonds. The number of aliphatic carboxylic acids is 1. The normalized spacial score (nSPS) is 11.4. The maximum Gasteiger partial charge on any atom is 0.305 e. The third-order valence-corrected chi connectivity index (χ3v) is 6.09. The third-order valence-electron chi connectivity index (χ3n) is 6.09. The molecule has 0 fully saturated rings. The second-order valence-corrected chi connectivity index (χ2v) is 9.48. The summed E-state index contributed by atoms with van der Waals surface area (Å²) >= 11 is 0. The van der Waals surface area contributed by atoms with Gasteiger partial charge in [0.15, 0.2) is 0 Å². The summed E-state index contributed by atoms with van der Waals surface area (Å²) in [7, 11) is 0. The largest absolute Gasteiger partial charge is 0.862 e. The number of hydrogen-bond donors (Lipinski definition) is 2. The molecule has 0 aliphatic rings. The lowest BCUT2D eigenvalue weighted by Gasteiger charge is -2.11. The van der Waals surface area contributed by atoms with Crippen LogP contribution < -0.4 is 10.4 Å². The van der Waals surface area contributed by atoms with Gasteiger partial charge in [-0.1, -0.05) is 77.0 Å². The monoisotopic (exact) mass is 511 g/mol. The minimum absolute atomic E-state index is 0.0274. The first-order valence-corrected chi connectivity index (χ1v) is 14.3. The Balaban J connectivity index is 3.41. The summed E-state index contributed by atoms with van der Waals surface area (Å²) < 4.78 is 4.91. The predicted molar refractivity (Wildman–Crippen MR) is 142 cm³/mol. The van der Waals surface area contributed by atoms with E-state index in [9.17, 15) is 19.5 Å². The van der Waals surface area contributed by atoms with Gasteiger partial charge in [-0.25, -0.2) is 0 Å². The van der Waals surface area contributed by atoms with E-state index in [4.69, 9.17) is 9.84 Å². The molecule has 0 aromatic heterocycles. The van der Waals surface area contributed by atoms with Gasteiger partial charge >= 0.3 is 11.9 Å². The molecule has 36 heavy (non-hydrogen) atoms. The van der Waals surface area contributed by atoms with Crippen LogP contribution in [0.25, 0.3) is 0 Å². The summed E-state index contributed by atoms with van der Waals surface area (Å²) in [5.74, 6) is -0.876. The number of carbonyl (C=O) groups excluding carboxylic acids is 2. The fourth-order valence-electron chi connectivity index (χ4n) is 4.01. The minimum atomic E-state index is -0.720. The Morgan fingerprint density at radius 1 is 0.694 bits per heavy atom. The lowest BCUT2D eigenvalue weighted by molar-refractivity contribution is -0.219. The van der Waals surface area contributed by atoms with Crippen molar-refractivity contribution in [3.05, 3.63) is 0 Å². The van der Waals surface area contributed by atoms with E-state index in [0.717, 1.165) is 96.3 Å². The van der Waals surface area contributed by atoms with Crippen molar-refractivity contribution >= 4 is 23.7 Å². The smallest absolute Gasteiger partial charge is 0.305 e. The molecule has 0 spiro atoms. The van der Waals surface area contributed by atoms with E-state index in [1.807, 2.05) is 6.92 Å². The molecule has 0 rings (SSSR count). The fourth-order valence-corrected chi connectivity index (χ4v) is 4.01. The number of hydrogen-bond acceptors (Lipinski definition) is 6. The van der Waals surface area contributed by atoms with Crippen LogP contribution in [0.5, 0.6) is 0 Å². The van der Waals surface area contributed by atoms with Crippen LogP contribution in [0, 0.1) is 0 Å². The molecule has 0 radical (unpaired) electrons. The van der Waals surface area contributed by atoms with E-state index < -0.39 is 5.97 Å². The Morgan fingerprint density at radius 3 is 1.64 bits per heavy atom. The highest BCUT2D eigenvalue weighted by atomic mass is 16.5. The van der Waals surface area contributed by atoms with Crippen molar-refractivity contribution in [2.24, 2.45) is 4.99 Å². The molecule has 0 aliphatic carbocycles. The molecule has 0 bridgehead atoms. The van der Waals surface area contributed by atoms with Crippen molar-refractivity contribution in [3.8, 4) is 0 Å². The number of aliphatic imine (C=N–C) groups is 1. The zero-order valence-corrected chi connectivity index (χ0v) is 22.7. The number of ether oxygens (including phenoxy) is 1. The molecule has 0 saturated heterocycles. The molecule has 210 valence electrons. The van der Waals surface area contributed by atoms with E-state index >= 15 is 0 Å². The van der Waals surface area contributed by atoms with Gasteiger partial charge in [0.25, 0.3) is 0 Å². The number of carbonyl (C=O) groups is 3. The molecule has 0 saturated carbocycles. The van der Waals surface area contributed by atoms with Crippen LogP contribution in [0.3, 0.4) is 0 Å². The van der Waals surface area contributed by atoms with E-state index in [2.05, 4.69) is 10.3 Å². The van der Waals surface area contributed by atoms with E-state index in [-0.39, 0.29) is 24.2 Å². The first kappa shape index (κ1) is 33.9. The van der Waals surface area contributed by atoms with Gasteiger partial charge in [-0.05, 0) is 44.9 Å². The molecule has 0 atom stereocenters. The van der Waals surface area contributed by atoms with Crippen LogP contribution in [0.1, 0.15) is 135 Å². The zero-order valence-electron chi connectivity index (χ0n) is 22.7. The first-order chi connectivity index (χ1) is 17.5. The SMILES string of the molecule is CCOC(=O)CCCCCCCCCCC(=O)NCCN=C([O-])CCCCCCCCCCC(=O)O. The lowest BCUT2D eigenvalue weighted by atomic mass is 10.1. The highest BCUT2D eigenvalue weighted by Gasteiger charge is 2.02. The van der Waals surface area contributed by atoms with Crippen LogP contribution in [-0.2, 0) is 19.1 Å². The number of nitrogens with zero attached hydrogens (tertiary/aromatic N) is 1. The molecule has 0 aromatic carbocycles. The van der Waals surface area contributed by atoms with Gasteiger partial charge in [0.2, 0.25) is 5.91 Å². The van der Waals surface area contributed by atoms with Gasteiger partial charge in [-0.2, -0.15) is 0 Å². The lowest BCUT2D eigenvalue weighted by Crippen LogP contribution is -2.27. The zero-order chi connectivity index (χ0) is 26.7. The predicted octanol–water partition coefficient (Wildman–Crippen LogP) is 5.31. The number of carboxylic acids is 1. The summed E-state index contributed by atoms with van der Waals surface area (Å²) in [5, 5.41) is 23.2. The van der Waals surface area contributed by atoms with Gasteiger partial charge in [-0.15, -0.1) is 0 Å². The summed E-state index contributed by atoms with van der Waals surface area (Å²) in [6.07, 6.45) is 18.3. The number of rotatable bonds is 26. The molecule has 0 aromatic rings. The second kappa shape index (κ2) is 26.0. The van der Waals surface area contributed by atoms with Crippen LogP contribution in [0.15, 0.2) is 4.99 Å². The molecular weight excluding hydrogens is 460 g/mol. The van der Waals surface area contributed by atoms with Crippen LogP contribution in [0.4, 0.5) is 0 Å². The Morgan fingerprint density at radius 2 is 1.14 bits per heavy atom. The summed E-state index contributed by atoms with van der Waals surface area (Å²) in [4.78, 5) is 37.6. The molecule has 0 aliphatic heterocycles. The second-order valence-electron chi connectivity index (χ2n) is 9.48. The molecule has 0 heterocycles. The Hall–Kier alpha value is -2.12. The molecular formula is C28H51N2O6-. The number of unbranched alkanes of at least 4 members (excludes halogenated alkanes) is 14. The minimum Gasteiger partial charge on any atom is -0.862 e. The van der Waals surface area contributed by atoms with E-state index in [0.29, 0.717) is 39.0 Å². The van der Waals surface area contributed by atoms with Crippen molar-refractivity contribution in [2.45, 2.75) is 135 Å². The Kier molecular flexibility index (Phi) is 24.4. The first-order valence-electron chi connectivity index (χ1n) is 14.3. The van der Waals surface area contributed by atoms with Crippen molar-refractivity contribution in [2.75, 3.05) is 19.7 Å². The summed E-state index contributed by atoms with van der Waals surface area (Å²) in [6.45, 7) is 3.04. The Bertz CT molecular complexity index is 595. The van der Waals surface area contributed by atoms with Crippen molar-refractivity contribution in [3.63, 3.8) is 0 Å². The summed E-state index contributed by atoms with van der Waals surface area (Å²) in [6, 6.07) is 0. The average Bonchev–Trinajstić information content (AvgIpc) is 2.84. The van der Waals surface area contributed by atoms with Gasteiger partial charge < -0.3 is 25.3 Å². The van der Waals surface area contributed by atoms with E-state index in [1.165, 1.54) is 6.42 Å². The van der Waals surface area contributed by atoms with Crippen molar-refractivity contribution < 1.29 is 29.3 Å². The highest BCUT2D eigenvalue weighted by molar-refractivity contribution is 5.76. The fraction of sp³-hybridized carbons (Fsp3) is 0.857. The average molecular weight is 512 g/mol. The maximum absolute atomic E-state index is 11.9. The Labute approximate surface area is 218 Å². The van der Waals surface area contributed by atoms with Gasteiger partial charge in [0.1, 0.15) is 0 Å². The highest BCUT2D eigenvalue weighted by Crippen LogP contribution is 2.12. The van der Waals surface area contributed by atoms with Gasteiger partial charge in [0.05, 0.1) is 13.2 Å². The number of carboxylic acid groups (broad SMARTS) is 1. The molecule has 8 heteroatoms. The number of amides is 1. The molecule has 2 N–H and O–H groups in total. The number of nitrogens with one attached hydrogen (secondary N) is 1. The molecule has 0 unspecified atom stereocenters. The standard InChI is InChI=1S/C28H52N2O6/c1-2-36-28(35)22-18-14-10-6-4-8-12-16-20-26(32)30-24-23-29-25(31)19-15-11-7-3-5-9-13-17-21-27(33)34/h2-24H2,1H3,(H,29,31)(H,30,32)(H,33,34)/p-1. The number of esters is 1. The topological polar surface area (TPSA) is 128 Å². The van der Waals surface area contributed by atoms with Crippen LogP contribution in [-0.4, -0.2) is 48.5 Å². The van der Waals surface area contributed by atoms with Gasteiger partial charge in [-0.3, -0.25) is 14.4 Å². The van der Waals surface area contributed by atoms with Crippen molar-refractivity contribution in [1.82, 2.24) is 5.32 Å². The van der Waals surface area contributed by atoms with E-state index in [1.54, 1.807) is 0 Å². The maximum atomic E-state index is 11.9. The van der Waals surface area contributed by atoms with Crippen LogP contribution in [0.2, 0.25) is 0 Å².